The van der Waals surface area contributed by atoms with E-state index in [9.17, 15) is 0 Å². The summed E-state index contributed by atoms with van der Waals surface area (Å²) in [5, 5.41) is 7.66. The molecule has 0 radical (unpaired) electrons. The molecule has 0 fully saturated rings. The molecule has 0 aliphatic carbocycles. The van der Waals surface area contributed by atoms with Gasteiger partial charge in [-0.25, -0.2) is 0 Å². The zero-order valence-electron chi connectivity index (χ0n) is 9.77. The first-order valence-corrected chi connectivity index (χ1v) is 5.60. The van der Waals surface area contributed by atoms with Crippen LogP contribution in [0.2, 0.25) is 0 Å². The molecule has 0 spiro atoms. The van der Waals surface area contributed by atoms with Crippen LogP contribution in [0, 0.1) is 0 Å². The van der Waals surface area contributed by atoms with E-state index < -0.39 is 0 Å². The number of rotatable bonds is 4. The molecule has 0 aliphatic rings. The Morgan fingerprint density at radius 1 is 1.25 bits per heavy atom. The lowest BCUT2D eigenvalue weighted by atomic mass is 10.1. The predicted molar refractivity (Wildman–Crippen MR) is 66.0 cm³/mol. The molecule has 0 saturated carbocycles. The molecule has 3 heteroatoms. The van der Waals surface area contributed by atoms with Crippen molar-refractivity contribution in [3.63, 3.8) is 0 Å². The summed E-state index contributed by atoms with van der Waals surface area (Å²) in [6, 6.07) is 10.4. The fourth-order valence-corrected chi connectivity index (χ4v) is 1.84. The van der Waals surface area contributed by atoms with E-state index in [0.717, 1.165) is 13.1 Å². The van der Waals surface area contributed by atoms with Crippen LogP contribution in [-0.2, 0) is 13.6 Å². The molecule has 0 saturated heterocycles. The van der Waals surface area contributed by atoms with Gasteiger partial charge in [0.1, 0.15) is 0 Å². The van der Waals surface area contributed by atoms with Crippen molar-refractivity contribution >= 4 is 0 Å². The van der Waals surface area contributed by atoms with Gasteiger partial charge in [-0.1, -0.05) is 37.3 Å². The Bertz CT molecular complexity index is 445. The summed E-state index contributed by atoms with van der Waals surface area (Å²) in [5.74, 6) is 0. The van der Waals surface area contributed by atoms with Crippen LogP contribution >= 0.6 is 0 Å². The van der Waals surface area contributed by atoms with Crippen molar-refractivity contribution < 1.29 is 0 Å². The molecule has 0 bridgehead atoms. The molecule has 84 valence electrons. The van der Waals surface area contributed by atoms with Crippen LogP contribution in [0.25, 0.3) is 11.3 Å². The van der Waals surface area contributed by atoms with Gasteiger partial charge in [0.2, 0.25) is 0 Å². The van der Waals surface area contributed by atoms with E-state index in [2.05, 4.69) is 41.6 Å². The second-order valence-corrected chi connectivity index (χ2v) is 3.79. The van der Waals surface area contributed by atoms with Crippen molar-refractivity contribution in [1.29, 1.82) is 0 Å². The standard InChI is InChI=1S/C13H17N3/c1-3-14-9-12-10-15-16(2)13(12)11-7-5-4-6-8-11/h4-8,10,14H,3,9H2,1-2H3. The first-order chi connectivity index (χ1) is 7.83. The average Bonchev–Trinajstić information content (AvgIpc) is 2.69. The Hall–Kier alpha value is -1.61. The fourth-order valence-electron chi connectivity index (χ4n) is 1.84. The summed E-state index contributed by atoms with van der Waals surface area (Å²) >= 11 is 0. The molecule has 0 atom stereocenters. The smallest absolute Gasteiger partial charge is 0.0723 e. The predicted octanol–water partition coefficient (Wildman–Crippen LogP) is 2.20. The summed E-state index contributed by atoms with van der Waals surface area (Å²) in [6.45, 7) is 3.95. The minimum Gasteiger partial charge on any atom is -0.313 e. The monoisotopic (exact) mass is 215 g/mol. The highest BCUT2D eigenvalue weighted by Gasteiger charge is 2.09. The third kappa shape index (κ3) is 2.14. The summed E-state index contributed by atoms with van der Waals surface area (Å²) in [6.07, 6.45) is 1.94. The molecular formula is C13H17N3. The maximum Gasteiger partial charge on any atom is 0.0723 e. The molecule has 1 heterocycles. The number of nitrogens with zero attached hydrogens (tertiary/aromatic N) is 2. The molecular weight excluding hydrogens is 198 g/mol. The average molecular weight is 215 g/mol. The summed E-state index contributed by atoms with van der Waals surface area (Å²) < 4.78 is 1.93. The number of hydrogen-bond acceptors (Lipinski definition) is 2. The van der Waals surface area contributed by atoms with Crippen LogP contribution in [-0.4, -0.2) is 16.3 Å². The van der Waals surface area contributed by atoms with E-state index in [4.69, 9.17) is 0 Å². The van der Waals surface area contributed by atoms with Crippen molar-refractivity contribution in [3.8, 4) is 11.3 Å². The highest BCUT2D eigenvalue weighted by molar-refractivity contribution is 5.63. The lowest BCUT2D eigenvalue weighted by Crippen LogP contribution is -2.12. The molecule has 0 aliphatic heterocycles. The molecule has 2 aromatic rings. The molecule has 1 N–H and O–H groups in total. The maximum atomic E-state index is 4.32. The SMILES string of the molecule is CCNCc1cnn(C)c1-c1ccccc1. The van der Waals surface area contributed by atoms with Crippen molar-refractivity contribution in [3.05, 3.63) is 42.1 Å². The van der Waals surface area contributed by atoms with E-state index in [0.29, 0.717) is 0 Å². The number of aromatic nitrogens is 2. The molecule has 1 aromatic carbocycles. The number of aryl methyl sites for hydroxylation is 1. The van der Waals surface area contributed by atoms with Gasteiger partial charge in [0.25, 0.3) is 0 Å². The van der Waals surface area contributed by atoms with E-state index in [-0.39, 0.29) is 0 Å². The lowest BCUT2D eigenvalue weighted by Gasteiger charge is -2.06. The van der Waals surface area contributed by atoms with Crippen molar-refractivity contribution in [2.24, 2.45) is 7.05 Å². The second-order valence-electron chi connectivity index (χ2n) is 3.79. The number of hydrogen-bond donors (Lipinski definition) is 1. The summed E-state index contributed by atoms with van der Waals surface area (Å²) in [7, 11) is 1.98. The lowest BCUT2D eigenvalue weighted by molar-refractivity contribution is 0.726. The molecule has 0 unspecified atom stereocenters. The van der Waals surface area contributed by atoms with Gasteiger partial charge >= 0.3 is 0 Å². The van der Waals surface area contributed by atoms with E-state index in [1.54, 1.807) is 0 Å². The molecule has 3 nitrogen and oxygen atoms in total. The Morgan fingerprint density at radius 3 is 2.69 bits per heavy atom. The Morgan fingerprint density at radius 2 is 2.00 bits per heavy atom. The minimum atomic E-state index is 0.870. The highest BCUT2D eigenvalue weighted by Crippen LogP contribution is 2.22. The van der Waals surface area contributed by atoms with Crippen LogP contribution in [0.5, 0.6) is 0 Å². The first-order valence-electron chi connectivity index (χ1n) is 5.60. The quantitative estimate of drug-likeness (QED) is 0.847. The van der Waals surface area contributed by atoms with Gasteiger partial charge in [0.15, 0.2) is 0 Å². The van der Waals surface area contributed by atoms with Crippen LogP contribution in [0.1, 0.15) is 12.5 Å². The number of nitrogens with one attached hydrogen (secondary N) is 1. The zero-order chi connectivity index (χ0) is 11.4. The molecule has 2 rings (SSSR count). The zero-order valence-corrected chi connectivity index (χ0v) is 9.77. The van der Waals surface area contributed by atoms with Crippen LogP contribution in [0.15, 0.2) is 36.5 Å². The van der Waals surface area contributed by atoms with Gasteiger partial charge in [-0.3, -0.25) is 4.68 Å². The maximum absolute atomic E-state index is 4.32. The van der Waals surface area contributed by atoms with Gasteiger partial charge in [0.05, 0.1) is 11.9 Å². The minimum absolute atomic E-state index is 0.870. The Balaban J connectivity index is 2.35. The second kappa shape index (κ2) is 4.94. The molecule has 1 aromatic heterocycles. The Kier molecular flexibility index (Phi) is 3.37. The number of benzene rings is 1. The highest BCUT2D eigenvalue weighted by atomic mass is 15.3. The van der Waals surface area contributed by atoms with E-state index in [1.807, 2.05) is 24.0 Å². The third-order valence-electron chi connectivity index (χ3n) is 2.63. The fraction of sp³-hybridized carbons (Fsp3) is 0.308. The van der Waals surface area contributed by atoms with Gasteiger partial charge in [-0.05, 0) is 6.54 Å². The van der Waals surface area contributed by atoms with Gasteiger partial charge in [-0.2, -0.15) is 5.10 Å². The first kappa shape index (κ1) is 10.9. The van der Waals surface area contributed by atoms with E-state index in [1.165, 1.54) is 16.8 Å². The van der Waals surface area contributed by atoms with Gasteiger partial charge in [-0.15, -0.1) is 0 Å². The molecule has 16 heavy (non-hydrogen) atoms. The molecule has 0 amide bonds. The summed E-state index contributed by atoms with van der Waals surface area (Å²) in [4.78, 5) is 0. The van der Waals surface area contributed by atoms with Crippen LogP contribution in [0.4, 0.5) is 0 Å². The largest absolute Gasteiger partial charge is 0.313 e. The third-order valence-corrected chi connectivity index (χ3v) is 2.63. The topological polar surface area (TPSA) is 29.9 Å². The van der Waals surface area contributed by atoms with Crippen molar-refractivity contribution in [2.45, 2.75) is 13.5 Å². The van der Waals surface area contributed by atoms with Crippen LogP contribution < -0.4 is 5.32 Å². The Labute approximate surface area is 96.1 Å². The summed E-state index contributed by atoms with van der Waals surface area (Å²) in [5.41, 5.74) is 3.66. The van der Waals surface area contributed by atoms with Gasteiger partial charge < -0.3 is 5.32 Å². The van der Waals surface area contributed by atoms with Crippen molar-refractivity contribution in [2.75, 3.05) is 6.54 Å². The van der Waals surface area contributed by atoms with Crippen LogP contribution in [0.3, 0.4) is 0 Å². The van der Waals surface area contributed by atoms with E-state index >= 15 is 0 Å². The normalized spacial score (nSPS) is 10.6. The van der Waals surface area contributed by atoms with Gasteiger partial charge in [0, 0.05) is 24.7 Å². The van der Waals surface area contributed by atoms with Crippen molar-refractivity contribution in [1.82, 2.24) is 15.1 Å².